The molecule has 0 aliphatic heterocycles. The number of carboxylic acid groups (broad SMARTS) is 1. The second kappa shape index (κ2) is 10.7. The highest BCUT2D eigenvalue weighted by atomic mass is 16.6. The minimum atomic E-state index is -1.32. The van der Waals surface area contributed by atoms with Gasteiger partial charge in [-0.1, -0.05) is 78.9 Å². The first-order valence-electron chi connectivity index (χ1n) is 11.0. The van der Waals surface area contributed by atoms with Gasteiger partial charge >= 0.3 is 12.1 Å². The molecule has 1 atom stereocenters. The lowest BCUT2D eigenvalue weighted by Gasteiger charge is -2.19. The van der Waals surface area contributed by atoms with Crippen LogP contribution in [0.4, 0.5) is 4.79 Å². The lowest BCUT2D eigenvalue weighted by atomic mass is 9.98. The van der Waals surface area contributed by atoms with E-state index in [1.54, 1.807) is 12.1 Å². The second-order valence-corrected chi connectivity index (χ2v) is 8.03. The zero-order valence-corrected chi connectivity index (χ0v) is 18.4. The lowest BCUT2D eigenvalue weighted by molar-refractivity contribution is -0.305. The number of fused-ring (bicyclic) bond motifs is 3. The van der Waals surface area contributed by atoms with E-state index in [4.69, 9.17) is 9.47 Å². The maximum atomic E-state index is 12.6. The van der Waals surface area contributed by atoms with Crippen molar-refractivity contribution in [2.75, 3.05) is 6.61 Å². The predicted molar refractivity (Wildman–Crippen MR) is 122 cm³/mol. The highest BCUT2D eigenvalue weighted by Gasteiger charge is 2.30. The number of carbonyl (C=O) groups excluding carboxylic acids is 3. The maximum absolute atomic E-state index is 12.6. The summed E-state index contributed by atoms with van der Waals surface area (Å²) in [5.41, 5.74) is 5.10. The van der Waals surface area contributed by atoms with Crippen LogP contribution in [-0.4, -0.2) is 30.7 Å². The normalized spacial score (nSPS) is 12.8. The summed E-state index contributed by atoms with van der Waals surface area (Å²) < 4.78 is 10.7. The van der Waals surface area contributed by atoms with Gasteiger partial charge in [-0.2, -0.15) is 0 Å². The standard InChI is InChI=1S/C27H25NO6/c29-25(30)15-14-24(26(31)33-16-18-8-2-1-3-9-18)28-27(32)34-17-23-21-12-6-4-10-19(21)20-11-5-7-13-22(20)23/h1-13,23-24H,14-17H2,(H,28,32)(H,29,30)/p-1/t24-/m0/s1. The summed E-state index contributed by atoms with van der Waals surface area (Å²) in [7, 11) is 0. The molecule has 1 amide bonds. The van der Waals surface area contributed by atoms with E-state index < -0.39 is 30.5 Å². The zero-order chi connectivity index (χ0) is 23.9. The molecule has 34 heavy (non-hydrogen) atoms. The van der Waals surface area contributed by atoms with E-state index in [9.17, 15) is 19.5 Å². The van der Waals surface area contributed by atoms with Crippen LogP contribution in [0.25, 0.3) is 11.1 Å². The SMILES string of the molecule is O=C([O-])CC[C@H](NC(=O)OCC1c2ccccc2-c2ccccc21)C(=O)OCc1ccccc1. The summed E-state index contributed by atoms with van der Waals surface area (Å²) in [6.45, 7) is 0.0833. The Kier molecular flexibility index (Phi) is 7.22. The number of carboxylic acids is 1. The lowest BCUT2D eigenvalue weighted by Crippen LogP contribution is -2.43. The Morgan fingerprint density at radius 1 is 0.824 bits per heavy atom. The number of ether oxygens (including phenoxy) is 2. The van der Waals surface area contributed by atoms with Crippen molar-refractivity contribution in [1.29, 1.82) is 0 Å². The van der Waals surface area contributed by atoms with Gasteiger partial charge in [-0.25, -0.2) is 9.59 Å². The molecule has 0 spiro atoms. The Bertz CT molecular complexity index is 1130. The van der Waals surface area contributed by atoms with Crippen molar-refractivity contribution in [1.82, 2.24) is 5.32 Å². The fourth-order valence-electron chi connectivity index (χ4n) is 4.12. The van der Waals surface area contributed by atoms with Gasteiger partial charge in [0, 0.05) is 11.9 Å². The smallest absolute Gasteiger partial charge is 0.407 e. The van der Waals surface area contributed by atoms with Crippen LogP contribution in [-0.2, 0) is 25.7 Å². The second-order valence-electron chi connectivity index (χ2n) is 8.03. The van der Waals surface area contributed by atoms with Crippen LogP contribution in [0.2, 0.25) is 0 Å². The van der Waals surface area contributed by atoms with Crippen LogP contribution < -0.4 is 10.4 Å². The highest BCUT2D eigenvalue weighted by Crippen LogP contribution is 2.44. The van der Waals surface area contributed by atoms with Crippen LogP contribution in [0.15, 0.2) is 78.9 Å². The molecule has 174 valence electrons. The van der Waals surface area contributed by atoms with Crippen molar-refractivity contribution in [2.45, 2.75) is 31.4 Å². The topological polar surface area (TPSA) is 105 Å². The first-order valence-corrected chi connectivity index (χ1v) is 11.0. The quantitative estimate of drug-likeness (QED) is 0.494. The number of benzene rings is 3. The monoisotopic (exact) mass is 458 g/mol. The van der Waals surface area contributed by atoms with Gasteiger partial charge in [0.05, 0.1) is 0 Å². The van der Waals surface area contributed by atoms with Crippen LogP contribution >= 0.6 is 0 Å². The number of hydrogen-bond acceptors (Lipinski definition) is 6. The van der Waals surface area contributed by atoms with Crippen molar-refractivity contribution in [3.63, 3.8) is 0 Å². The Balaban J connectivity index is 1.39. The van der Waals surface area contributed by atoms with Gasteiger partial charge < -0.3 is 24.7 Å². The third-order valence-corrected chi connectivity index (χ3v) is 5.78. The van der Waals surface area contributed by atoms with Crippen LogP contribution in [0.1, 0.15) is 35.4 Å². The molecule has 0 unspecified atom stereocenters. The Morgan fingerprint density at radius 3 is 2.03 bits per heavy atom. The molecule has 0 saturated carbocycles. The number of nitrogens with one attached hydrogen (secondary N) is 1. The van der Waals surface area contributed by atoms with Gasteiger partial charge in [-0.15, -0.1) is 0 Å². The van der Waals surface area contributed by atoms with Gasteiger partial charge in [0.1, 0.15) is 19.3 Å². The molecule has 0 aromatic heterocycles. The van der Waals surface area contributed by atoms with Crippen molar-refractivity contribution in [3.8, 4) is 11.1 Å². The minimum Gasteiger partial charge on any atom is -0.550 e. The van der Waals surface area contributed by atoms with Gasteiger partial charge in [0.25, 0.3) is 0 Å². The molecule has 3 aromatic carbocycles. The summed E-state index contributed by atoms with van der Waals surface area (Å²) in [4.78, 5) is 36.0. The average molecular weight is 458 g/mol. The fourth-order valence-corrected chi connectivity index (χ4v) is 4.12. The molecule has 1 aliphatic rings. The number of alkyl carbamates (subject to hydrolysis) is 1. The van der Waals surface area contributed by atoms with Crippen molar-refractivity contribution in [3.05, 3.63) is 95.6 Å². The summed E-state index contributed by atoms with van der Waals surface area (Å²) in [5.74, 6) is -2.20. The van der Waals surface area contributed by atoms with E-state index in [1.807, 2.05) is 66.7 Å². The van der Waals surface area contributed by atoms with Crippen LogP contribution in [0, 0.1) is 0 Å². The number of hydrogen-bond donors (Lipinski definition) is 1. The largest absolute Gasteiger partial charge is 0.550 e. The van der Waals surface area contributed by atoms with Gasteiger partial charge in [0.15, 0.2) is 0 Å². The molecule has 7 nitrogen and oxygen atoms in total. The van der Waals surface area contributed by atoms with E-state index in [0.717, 1.165) is 27.8 Å². The summed E-state index contributed by atoms with van der Waals surface area (Å²) in [6.07, 6.45) is -1.39. The number of rotatable bonds is 9. The third kappa shape index (κ3) is 5.43. The van der Waals surface area contributed by atoms with E-state index in [2.05, 4.69) is 5.32 Å². The summed E-state index contributed by atoms with van der Waals surface area (Å²) >= 11 is 0. The molecule has 0 bridgehead atoms. The van der Waals surface area contributed by atoms with Crippen molar-refractivity contribution >= 4 is 18.0 Å². The Hall–Kier alpha value is -4.13. The Labute approximate surface area is 197 Å². The number of esters is 1. The summed E-state index contributed by atoms with van der Waals surface area (Å²) in [5, 5.41) is 13.4. The van der Waals surface area contributed by atoms with Crippen molar-refractivity contribution < 1.29 is 29.0 Å². The minimum absolute atomic E-state index is 0.00780. The first kappa shape index (κ1) is 23.0. The molecule has 0 fully saturated rings. The predicted octanol–water partition coefficient (Wildman–Crippen LogP) is 3.17. The number of amides is 1. The van der Waals surface area contributed by atoms with Gasteiger partial charge in [-0.3, -0.25) is 0 Å². The molecule has 1 aliphatic carbocycles. The van der Waals surface area contributed by atoms with Crippen LogP contribution in [0.5, 0.6) is 0 Å². The van der Waals surface area contributed by atoms with Gasteiger partial charge in [-0.05, 0) is 40.7 Å². The molecule has 0 saturated heterocycles. The molecule has 7 heteroatoms. The van der Waals surface area contributed by atoms with Crippen molar-refractivity contribution in [2.24, 2.45) is 0 Å². The Morgan fingerprint density at radius 2 is 1.41 bits per heavy atom. The molecule has 0 heterocycles. The first-order chi connectivity index (χ1) is 16.5. The molecular formula is C27H24NO6-. The van der Waals surface area contributed by atoms with E-state index in [-0.39, 0.29) is 25.6 Å². The van der Waals surface area contributed by atoms with E-state index in [0.29, 0.717) is 0 Å². The zero-order valence-electron chi connectivity index (χ0n) is 18.4. The maximum Gasteiger partial charge on any atom is 0.407 e. The third-order valence-electron chi connectivity index (χ3n) is 5.78. The molecular weight excluding hydrogens is 434 g/mol. The molecule has 4 rings (SSSR count). The average Bonchev–Trinajstić information content (AvgIpc) is 3.18. The van der Waals surface area contributed by atoms with Crippen LogP contribution in [0.3, 0.4) is 0 Å². The molecule has 1 N–H and O–H groups in total. The van der Waals surface area contributed by atoms with E-state index >= 15 is 0 Å². The summed E-state index contributed by atoms with van der Waals surface area (Å²) in [6, 6.07) is 23.8. The van der Waals surface area contributed by atoms with Gasteiger partial charge in [0.2, 0.25) is 0 Å². The number of carbonyl (C=O) groups is 3. The van der Waals surface area contributed by atoms with E-state index in [1.165, 1.54) is 0 Å². The highest BCUT2D eigenvalue weighted by molar-refractivity contribution is 5.82. The fraction of sp³-hybridized carbons (Fsp3) is 0.222. The molecule has 0 radical (unpaired) electrons. The molecule has 3 aromatic rings. The number of aliphatic carboxylic acids is 1.